The number of hydrogen-bond donors (Lipinski definition) is 0. The molecule has 8 aromatic rings. The van der Waals surface area contributed by atoms with E-state index in [1.54, 1.807) is 0 Å². The van der Waals surface area contributed by atoms with Crippen LogP contribution >= 0.6 is 15.9 Å². The number of fused-ring (bicyclic) bond motifs is 10. The number of ether oxygens (including phenoxy) is 3. The summed E-state index contributed by atoms with van der Waals surface area (Å²) >= 11 is 3.70. The summed E-state index contributed by atoms with van der Waals surface area (Å²) in [6.45, 7) is 19.8. The fourth-order valence-electron chi connectivity index (χ4n) is 11.6. The summed E-state index contributed by atoms with van der Waals surface area (Å²) in [5.41, 5.74) is 13.7. The molecule has 67 heavy (non-hydrogen) atoms. The third-order valence-electron chi connectivity index (χ3n) is 14.9. The molecule has 0 unspecified atom stereocenters. The summed E-state index contributed by atoms with van der Waals surface area (Å²) in [6, 6.07) is 30.9. The van der Waals surface area contributed by atoms with Crippen molar-refractivity contribution in [1.82, 2.24) is 28.9 Å². The zero-order valence-corrected chi connectivity index (χ0v) is 40.3. The Morgan fingerprint density at radius 3 is 1.48 bits per heavy atom. The molecule has 13 heteroatoms. The zero-order chi connectivity index (χ0) is 44.7. The molecule has 0 bridgehead atoms. The third-order valence-corrected chi connectivity index (χ3v) is 15.4. The number of benzene rings is 4. The zero-order valence-electron chi connectivity index (χ0n) is 38.7. The molecule has 4 aromatic carbocycles. The lowest BCUT2D eigenvalue weighted by Crippen LogP contribution is -2.38. The maximum Gasteiger partial charge on any atom is 0.0988 e. The number of aromatic nitrogens is 4. The molecule has 0 saturated carbocycles. The van der Waals surface area contributed by atoms with Gasteiger partial charge in [-0.25, -0.2) is 9.97 Å². The molecule has 3 saturated heterocycles. The van der Waals surface area contributed by atoms with Crippen molar-refractivity contribution >= 4 is 98.7 Å². The third kappa shape index (κ3) is 8.39. The van der Waals surface area contributed by atoms with Crippen molar-refractivity contribution in [3.8, 4) is 0 Å². The number of aryl methyl sites for hydroxylation is 2. The van der Waals surface area contributed by atoms with Crippen LogP contribution < -0.4 is 14.7 Å². The molecule has 4 aromatic heterocycles. The Kier molecular flexibility index (Phi) is 12.4. The van der Waals surface area contributed by atoms with E-state index in [2.05, 4.69) is 134 Å². The average molecular weight is 965 g/mol. The van der Waals surface area contributed by atoms with Crippen LogP contribution in [0.1, 0.15) is 25.7 Å². The van der Waals surface area contributed by atoms with Gasteiger partial charge in [0, 0.05) is 123 Å². The Morgan fingerprint density at radius 1 is 0.463 bits per heavy atom. The molecule has 9 heterocycles. The molecule has 12 nitrogen and oxygen atoms in total. The Morgan fingerprint density at radius 2 is 0.940 bits per heavy atom. The molecule has 0 atom stereocenters. The molecule has 0 aliphatic carbocycles. The van der Waals surface area contributed by atoms with Gasteiger partial charge in [0.1, 0.15) is 0 Å². The topological polar surface area (TPSA) is 79.5 Å². The molecule has 5 aliphatic heterocycles. The average Bonchev–Trinajstić information content (AvgIpc) is 3.66. The van der Waals surface area contributed by atoms with Crippen LogP contribution in [0.25, 0.3) is 65.7 Å². The van der Waals surface area contributed by atoms with E-state index in [1.165, 1.54) is 67.1 Å². The summed E-state index contributed by atoms with van der Waals surface area (Å²) in [7, 11) is 0. The van der Waals surface area contributed by atoms with E-state index in [0.717, 1.165) is 177 Å². The largest absolute Gasteiger partial charge is 0.379 e. The molecule has 5 aliphatic rings. The van der Waals surface area contributed by atoms with Gasteiger partial charge in [0.25, 0.3) is 0 Å². The van der Waals surface area contributed by atoms with Gasteiger partial charge in [-0.2, -0.15) is 0 Å². The summed E-state index contributed by atoms with van der Waals surface area (Å²) in [6.07, 6.45) is 4.62. The SMILES string of the molecule is Brc1ccc2nc3c4ccccc4n4c3c(c2c1)N(CCCN1CCOCC1)CCC4.c1ccc2c(c1)c1nc3ccc(N4CCOCC4)cc3c3c1n2CCCN3CCCN1CCOCC1. The van der Waals surface area contributed by atoms with Gasteiger partial charge in [0.05, 0.1) is 95.1 Å². The van der Waals surface area contributed by atoms with E-state index in [9.17, 15) is 0 Å². The number of rotatable bonds is 9. The van der Waals surface area contributed by atoms with Crippen molar-refractivity contribution in [3.63, 3.8) is 0 Å². The monoisotopic (exact) mass is 963 g/mol. The highest BCUT2D eigenvalue weighted by Crippen LogP contribution is 2.43. The number of pyridine rings is 2. The summed E-state index contributed by atoms with van der Waals surface area (Å²) in [5.74, 6) is 0. The highest BCUT2D eigenvalue weighted by atomic mass is 79.9. The first-order valence-electron chi connectivity index (χ1n) is 24.9. The standard InChI is InChI=1S/C29H35N5O2.C25H27BrN4O/c1-2-6-26-23(5-1)27-29-28(24-21-22(7-8-25(24)30-27)32-15-19-36-20-16-32)33(11-4-12-34(26)29)10-3-9-31-13-17-35-18-14-31;26-18-7-8-21-20(17-18)24-25-23(27-21)19-5-1-2-6-22(19)30(25)12-4-11-29(24)10-3-9-28-13-15-31-16-14-28/h1-2,5-8,21H,3-4,9-20H2;1-2,5-8,17H,3-4,9-16H2. The van der Waals surface area contributed by atoms with E-state index < -0.39 is 0 Å². The maximum absolute atomic E-state index is 5.62. The highest BCUT2D eigenvalue weighted by Gasteiger charge is 2.27. The Bertz CT molecular complexity index is 3060. The molecule has 0 spiro atoms. The lowest BCUT2D eigenvalue weighted by molar-refractivity contribution is 0.0376. The van der Waals surface area contributed by atoms with Crippen LogP contribution in [0.5, 0.6) is 0 Å². The second kappa shape index (κ2) is 19.2. The smallest absolute Gasteiger partial charge is 0.0988 e. The molecule has 0 radical (unpaired) electrons. The minimum absolute atomic E-state index is 0.796. The predicted molar refractivity (Wildman–Crippen MR) is 278 cm³/mol. The fourth-order valence-corrected chi connectivity index (χ4v) is 12.0. The van der Waals surface area contributed by atoms with Crippen LogP contribution in [0, 0.1) is 0 Å². The fraction of sp³-hybridized carbons (Fsp3) is 0.444. The molecule has 0 N–H and O–H groups in total. The number of nitrogens with zero attached hydrogens (tertiary/aromatic N) is 9. The van der Waals surface area contributed by atoms with E-state index in [0.29, 0.717) is 0 Å². The molecular formula is C54H62BrN9O3. The van der Waals surface area contributed by atoms with Crippen molar-refractivity contribution in [2.45, 2.75) is 38.8 Å². The lowest BCUT2D eigenvalue weighted by Gasteiger charge is -2.31. The Labute approximate surface area is 401 Å². The lowest BCUT2D eigenvalue weighted by atomic mass is 10.1. The van der Waals surface area contributed by atoms with E-state index in [-0.39, 0.29) is 0 Å². The first kappa shape index (κ1) is 43.3. The van der Waals surface area contributed by atoms with Crippen molar-refractivity contribution in [2.75, 3.05) is 133 Å². The molecule has 13 rings (SSSR count). The molecule has 348 valence electrons. The number of morpholine rings is 3. The first-order valence-corrected chi connectivity index (χ1v) is 25.7. The predicted octanol–water partition coefficient (Wildman–Crippen LogP) is 9.15. The number of hydrogen-bond acceptors (Lipinski definition) is 10. The highest BCUT2D eigenvalue weighted by molar-refractivity contribution is 9.10. The van der Waals surface area contributed by atoms with Crippen LogP contribution in [-0.2, 0) is 27.3 Å². The van der Waals surface area contributed by atoms with Gasteiger partial charge in [-0.05, 0) is 74.2 Å². The van der Waals surface area contributed by atoms with Crippen molar-refractivity contribution in [1.29, 1.82) is 0 Å². The Balaban J connectivity index is 0.000000141. The van der Waals surface area contributed by atoms with Crippen LogP contribution in [-0.4, -0.2) is 147 Å². The maximum atomic E-state index is 5.62. The quantitative estimate of drug-likeness (QED) is 0.140. The molecule has 0 amide bonds. The minimum atomic E-state index is 0.796. The van der Waals surface area contributed by atoms with Gasteiger partial charge >= 0.3 is 0 Å². The van der Waals surface area contributed by atoms with Gasteiger partial charge < -0.3 is 38.0 Å². The van der Waals surface area contributed by atoms with Crippen LogP contribution in [0.2, 0.25) is 0 Å². The van der Waals surface area contributed by atoms with Gasteiger partial charge in [0.15, 0.2) is 0 Å². The second-order valence-electron chi connectivity index (χ2n) is 18.9. The van der Waals surface area contributed by atoms with Gasteiger partial charge in [0.2, 0.25) is 0 Å². The van der Waals surface area contributed by atoms with Crippen molar-refractivity contribution < 1.29 is 14.2 Å². The number of para-hydroxylation sites is 2. The normalized spacial score (nSPS) is 18.6. The summed E-state index contributed by atoms with van der Waals surface area (Å²) in [5, 5.41) is 5.06. The van der Waals surface area contributed by atoms with Crippen molar-refractivity contribution in [2.24, 2.45) is 0 Å². The van der Waals surface area contributed by atoms with Crippen LogP contribution in [0.15, 0.2) is 89.4 Å². The van der Waals surface area contributed by atoms with E-state index in [4.69, 9.17) is 24.2 Å². The number of anilines is 3. The van der Waals surface area contributed by atoms with E-state index in [1.807, 2.05) is 0 Å². The van der Waals surface area contributed by atoms with Crippen LogP contribution in [0.3, 0.4) is 0 Å². The van der Waals surface area contributed by atoms with Crippen molar-refractivity contribution in [3.05, 3.63) is 89.4 Å². The number of halogens is 1. The van der Waals surface area contributed by atoms with Crippen LogP contribution in [0.4, 0.5) is 17.1 Å². The second-order valence-corrected chi connectivity index (χ2v) is 19.8. The molecular weight excluding hydrogens is 903 g/mol. The van der Waals surface area contributed by atoms with Gasteiger partial charge in [-0.1, -0.05) is 52.3 Å². The van der Waals surface area contributed by atoms with Gasteiger partial charge in [-0.3, -0.25) is 9.80 Å². The Hall–Kier alpha value is -5.02. The first-order chi connectivity index (χ1) is 33.2. The van der Waals surface area contributed by atoms with Gasteiger partial charge in [-0.15, -0.1) is 0 Å². The summed E-state index contributed by atoms with van der Waals surface area (Å²) < 4.78 is 22.8. The van der Waals surface area contributed by atoms with E-state index >= 15 is 0 Å². The minimum Gasteiger partial charge on any atom is -0.379 e. The molecule has 3 fully saturated rings. The summed E-state index contributed by atoms with van der Waals surface area (Å²) in [4.78, 5) is 23.3.